The van der Waals surface area contributed by atoms with Gasteiger partial charge in [0.2, 0.25) is 5.91 Å². The number of hydrogen-bond acceptors (Lipinski definition) is 5. The van der Waals surface area contributed by atoms with Crippen LogP contribution in [0.1, 0.15) is 23.2 Å². The molecule has 0 aliphatic carbocycles. The molecule has 2 amide bonds. The molecule has 1 unspecified atom stereocenters. The highest BCUT2D eigenvalue weighted by atomic mass is 16.2. The summed E-state index contributed by atoms with van der Waals surface area (Å²) in [5.41, 5.74) is 0.866. The summed E-state index contributed by atoms with van der Waals surface area (Å²) < 4.78 is 1.69. The van der Waals surface area contributed by atoms with E-state index in [1.54, 1.807) is 26.7 Å². The second kappa shape index (κ2) is 5.40. The Bertz CT molecular complexity index is 789. The zero-order valence-electron chi connectivity index (χ0n) is 13.4. The van der Waals surface area contributed by atoms with Gasteiger partial charge in [0.05, 0.1) is 35.3 Å². The summed E-state index contributed by atoms with van der Waals surface area (Å²) in [7, 11) is 1.83. The second-order valence-electron chi connectivity index (χ2n) is 6.47. The minimum Gasteiger partial charge on any atom is -0.337 e. The van der Waals surface area contributed by atoms with Crippen LogP contribution in [0.15, 0.2) is 30.9 Å². The van der Waals surface area contributed by atoms with E-state index in [1.165, 1.54) is 12.4 Å². The minimum absolute atomic E-state index is 0.0885. The molecular formula is C16H18N6O2. The average Bonchev–Trinajstić information content (AvgIpc) is 3.30. The monoisotopic (exact) mass is 326 g/mol. The van der Waals surface area contributed by atoms with Crippen molar-refractivity contribution < 1.29 is 9.59 Å². The normalized spacial score (nSPS) is 23.5. The van der Waals surface area contributed by atoms with Crippen molar-refractivity contribution >= 4 is 17.5 Å². The number of anilines is 1. The molecule has 2 aromatic rings. The summed E-state index contributed by atoms with van der Waals surface area (Å²) >= 11 is 0. The van der Waals surface area contributed by atoms with Crippen LogP contribution in [-0.2, 0) is 11.8 Å². The maximum atomic E-state index is 13.0. The predicted octanol–water partition coefficient (Wildman–Crippen LogP) is 0.479. The van der Waals surface area contributed by atoms with E-state index >= 15 is 0 Å². The van der Waals surface area contributed by atoms with Crippen LogP contribution in [0.25, 0.3) is 0 Å². The van der Waals surface area contributed by atoms with Crippen LogP contribution in [-0.4, -0.2) is 56.3 Å². The first-order valence-electron chi connectivity index (χ1n) is 7.96. The Balaban J connectivity index is 1.52. The highest BCUT2D eigenvalue weighted by Gasteiger charge is 2.52. The Kier molecular flexibility index (Phi) is 3.33. The van der Waals surface area contributed by atoms with E-state index in [-0.39, 0.29) is 11.8 Å². The molecule has 8 nitrogen and oxygen atoms in total. The predicted molar refractivity (Wildman–Crippen MR) is 85.2 cm³/mol. The van der Waals surface area contributed by atoms with Crippen molar-refractivity contribution in [3.8, 4) is 0 Å². The fourth-order valence-corrected chi connectivity index (χ4v) is 3.64. The van der Waals surface area contributed by atoms with Crippen molar-refractivity contribution in [2.24, 2.45) is 12.5 Å². The van der Waals surface area contributed by atoms with E-state index in [1.807, 2.05) is 13.2 Å². The third kappa shape index (κ3) is 2.26. The number of amides is 2. The molecule has 1 atom stereocenters. The van der Waals surface area contributed by atoms with Crippen LogP contribution in [0, 0.1) is 5.41 Å². The summed E-state index contributed by atoms with van der Waals surface area (Å²) in [6.45, 7) is 1.72. The van der Waals surface area contributed by atoms with Crippen molar-refractivity contribution in [3.63, 3.8) is 0 Å². The highest BCUT2D eigenvalue weighted by molar-refractivity contribution is 6.01. The molecule has 0 saturated carbocycles. The molecule has 0 aromatic carbocycles. The maximum absolute atomic E-state index is 13.0. The first kappa shape index (κ1) is 14.8. The SMILES string of the molecule is Cn1cc(N2CCC3(CCN(C(=O)c4ccnnc4)C3)C2=O)cn1. The lowest BCUT2D eigenvalue weighted by atomic mass is 9.85. The summed E-state index contributed by atoms with van der Waals surface area (Å²) in [4.78, 5) is 29.1. The Morgan fingerprint density at radius 1 is 1.21 bits per heavy atom. The van der Waals surface area contributed by atoms with E-state index in [4.69, 9.17) is 0 Å². The molecule has 4 rings (SSSR count). The zero-order valence-corrected chi connectivity index (χ0v) is 13.4. The lowest BCUT2D eigenvalue weighted by Gasteiger charge is -2.23. The molecule has 124 valence electrons. The molecule has 2 aliphatic heterocycles. The van der Waals surface area contributed by atoms with Crippen LogP contribution in [0.2, 0.25) is 0 Å². The van der Waals surface area contributed by atoms with E-state index in [0.717, 1.165) is 12.1 Å². The van der Waals surface area contributed by atoms with E-state index in [9.17, 15) is 9.59 Å². The Labute approximate surface area is 139 Å². The molecule has 0 radical (unpaired) electrons. The Hall–Kier alpha value is -2.77. The van der Waals surface area contributed by atoms with Crippen LogP contribution >= 0.6 is 0 Å². The van der Waals surface area contributed by atoms with Gasteiger partial charge in [-0.05, 0) is 18.9 Å². The van der Waals surface area contributed by atoms with Gasteiger partial charge in [0, 0.05) is 32.9 Å². The number of likely N-dealkylation sites (tertiary alicyclic amines) is 1. The van der Waals surface area contributed by atoms with Crippen molar-refractivity contribution in [2.45, 2.75) is 12.8 Å². The van der Waals surface area contributed by atoms with Gasteiger partial charge in [-0.3, -0.25) is 14.3 Å². The Morgan fingerprint density at radius 2 is 2.04 bits per heavy atom. The highest BCUT2D eigenvalue weighted by Crippen LogP contribution is 2.42. The topological polar surface area (TPSA) is 84.2 Å². The zero-order chi connectivity index (χ0) is 16.7. The number of aryl methyl sites for hydroxylation is 1. The molecule has 0 bridgehead atoms. The van der Waals surface area contributed by atoms with Crippen molar-refractivity contribution in [3.05, 3.63) is 36.4 Å². The number of aromatic nitrogens is 4. The van der Waals surface area contributed by atoms with Crippen LogP contribution < -0.4 is 4.90 Å². The molecule has 4 heterocycles. The maximum Gasteiger partial charge on any atom is 0.255 e. The van der Waals surface area contributed by atoms with Crippen molar-refractivity contribution in [1.29, 1.82) is 0 Å². The van der Waals surface area contributed by atoms with E-state index < -0.39 is 5.41 Å². The van der Waals surface area contributed by atoms with Crippen LogP contribution in [0.5, 0.6) is 0 Å². The third-order valence-corrected chi connectivity index (χ3v) is 4.99. The van der Waals surface area contributed by atoms with Gasteiger partial charge in [-0.2, -0.15) is 15.3 Å². The third-order valence-electron chi connectivity index (χ3n) is 4.99. The van der Waals surface area contributed by atoms with Gasteiger partial charge >= 0.3 is 0 Å². The smallest absolute Gasteiger partial charge is 0.255 e. The van der Waals surface area contributed by atoms with Gasteiger partial charge in [-0.15, -0.1) is 0 Å². The summed E-state index contributed by atoms with van der Waals surface area (Å²) in [6, 6.07) is 1.65. The number of carbonyl (C=O) groups excluding carboxylic acids is 2. The fraction of sp³-hybridized carbons (Fsp3) is 0.438. The second-order valence-corrected chi connectivity index (χ2v) is 6.47. The lowest BCUT2D eigenvalue weighted by Crippen LogP contribution is -2.38. The number of carbonyl (C=O) groups is 2. The van der Waals surface area contributed by atoms with Crippen molar-refractivity contribution in [2.75, 3.05) is 24.5 Å². The summed E-state index contributed by atoms with van der Waals surface area (Å²) in [5.74, 6) is 0.00746. The molecule has 2 saturated heterocycles. The fourth-order valence-electron chi connectivity index (χ4n) is 3.64. The molecule has 8 heteroatoms. The van der Waals surface area contributed by atoms with Gasteiger partial charge in [-0.25, -0.2) is 0 Å². The van der Waals surface area contributed by atoms with Gasteiger partial charge in [-0.1, -0.05) is 0 Å². The first-order chi connectivity index (χ1) is 11.6. The van der Waals surface area contributed by atoms with Gasteiger partial charge < -0.3 is 9.80 Å². The van der Waals surface area contributed by atoms with Gasteiger partial charge in [0.15, 0.2) is 0 Å². The number of nitrogens with zero attached hydrogens (tertiary/aromatic N) is 6. The van der Waals surface area contributed by atoms with E-state index in [0.29, 0.717) is 31.6 Å². The summed E-state index contributed by atoms with van der Waals surface area (Å²) in [5, 5.41) is 11.6. The largest absolute Gasteiger partial charge is 0.337 e. The molecule has 2 aromatic heterocycles. The van der Waals surface area contributed by atoms with Crippen molar-refractivity contribution in [1.82, 2.24) is 24.9 Å². The molecule has 1 spiro atoms. The quantitative estimate of drug-likeness (QED) is 0.801. The Morgan fingerprint density at radius 3 is 2.75 bits per heavy atom. The molecule has 24 heavy (non-hydrogen) atoms. The molecule has 2 fully saturated rings. The standard InChI is InChI=1S/C16H18N6O2/c1-20-10-13(9-19-20)22-7-4-16(15(22)24)3-6-21(11-16)14(23)12-2-5-17-18-8-12/h2,5,8-10H,3-4,6-7,11H2,1H3. The van der Waals surface area contributed by atoms with E-state index in [2.05, 4.69) is 15.3 Å². The number of hydrogen-bond donors (Lipinski definition) is 0. The summed E-state index contributed by atoms with van der Waals surface area (Å²) in [6.07, 6.45) is 7.98. The average molecular weight is 326 g/mol. The van der Waals surface area contributed by atoms with Gasteiger partial charge in [0.1, 0.15) is 0 Å². The number of rotatable bonds is 2. The minimum atomic E-state index is -0.466. The molecule has 2 aliphatic rings. The van der Waals surface area contributed by atoms with Gasteiger partial charge in [0.25, 0.3) is 5.91 Å². The van der Waals surface area contributed by atoms with Crippen LogP contribution in [0.4, 0.5) is 5.69 Å². The van der Waals surface area contributed by atoms with Crippen LogP contribution in [0.3, 0.4) is 0 Å². The molecule has 0 N–H and O–H groups in total. The first-order valence-corrected chi connectivity index (χ1v) is 7.96. The lowest BCUT2D eigenvalue weighted by molar-refractivity contribution is -0.124. The molecular weight excluding hydrogens is 308 g/mol.